The van der Waals surface area contributed by atoms with Gasteiger partial charge in [0, 0.05) is 35.9 Å². The summed E-state index contributed by atoms with van der Waals surface area (Å²) in [7, 11) is -3.59. The zero-order valence-electron chi connectivity index (χ0n) is 27.3. The van der Waals surface area contributed by atoms with Gasteiger partial charge in [-0.25, -0.2) is 18.0 Å². The van der Waals surface area contributed by atoms with E-state index < -0.39 is 33.5 Å². The van der Waals surface area contributed by atoms with Crippen molar-refractivity contribution < 1.29 is 32.6 Å². The van der Waals surface area contributed by atoms with Crippen molar-refractivity contribution in [2.75, 3.05) is 16.4 Å². The molecule has 1 unspecified atom stereocenters. The van der Waals surface area contributed by atoms with Crippen LogP contribution in [-0.2, 0) is 37.1 Å². The number of carbonyl (C=O) groups is 3. The molecule has 0 fully saturated rings. The number of pyridine rings is 1. The lowest BCUT2D eigenvalue weighted by atomic mass is 10.0. The van der Waals surface area contributed by atoms with Crippen molar-refractivity contribution in [3.05, 3.63) is 100.0 Å². The predicted molar refractivity (Wildman–Crippen MR) is 184 cm³/mol. The number of fused-ring (bicyclic) bond motifs is 1. The number of rotatable bonds is 13. The van der Waals surface area contributed by atoms with Crippen LogP contribution < -0.4 is 21.5 Å². The molecule has 1 heterocycles. The first-order valence-electron chi connectivity index (χ1n) is 15.5. The number of aromatic amines is 1. The maximum Gasteiger partial charge on any atom is 0.407 e. The van der Waals surface area contributed by atoms with Crippen LogP contribution in [-0.4, -0.2) is 47.8 Å². The highest BCUT2D eigenvalue weighted by Crippen LogP contribution is 2.25. The van der Waals surface area contributed by atoms with Crippen LogP contribution in [0.3, 0.4) is 0 Å². The number of ether oxygens (including phenoxy) is 1. The van der Waals surface area contributed by atoms with Crippen molar-refractivity contribution >= 4 is 50.0 Å². The average molecular weight is 677 g/mol. The first-order chi connectivity index (χ1) is 22.6. The first-order valence-corrected chi connectivity index (χ1v) is 17.1. The molecule has 4 aromatic rings. The molecular formula is C35H40N4O8S. The molecule has 3 aromatic carbocycles. The summed E-state index contributed by atoms with van der Waals surface area (Å²) in [5.74, 6) is -1.47. The Bertz CT molecular complexity index is 1970. The van der Waals surface area contributed by atoms with E-state index in [9.17, 15) is 32.7 Å². The fourth-order valence-corrected chi connectivity index (χ4v) is 6.13. The normalized spacial score (nSPS) is 12.2. The third kappa shape index (κ3) is 9.67. The van der Waals surface area contributed by atoms with Crippen LogP contribution in [0.4, 0.5) is 16.2 Å². The number of carboxylic acid groups (broad SMARTS) is 1. The van der Waals surface area contributed by atoms with E-state index in [0.29, 0.717) is 40.7 Å². The number of aryl methyl sites for hydroxylation is 1. The molecular weight excluding hydrogens is 636 g/mol. The van der Waals surface area contributed by atoms with E-state index in [1.165, 1.54) is 25.1 Å². The first kappa shape index (κ1) is 35.7. The van der Waals surface area contributed by atoms with Crippen molar-refractivity contribution in [3.8, 4) is 0 Å². The van der Waals surface area contributed by atoms with E-state index in [1.54, 1.807) is 63.4 Å². The van der Waals surface area contributed by atoms with E-state index in [0.717, 1.165) is 10.9 Å². The maximum absolute atomic E-state index is 12.8. The quantitative estimate of drug-likeness (QED) is 0.121. The topological polar surface area (TPSA) is 184 Å². The molecule has 12 nitrogen and oxygen atoms in total. The second kappa shape index (κ2) is 15.2. The van der Waals surface area contributed by atoms with Crippen LogP contribution in [0.5, 0.6) is 0 Å². The van der Waals surface area contributed by atoms with E-state index >= 15 is 0 Å². The minimum atomic E-state index is -3.59. The Morgan fingerprint density at radius 2 is 1.67 bits per heavy atom. The lowest BCUT2D eigenvalue weighted by Gasteiger charge is -2.20. The monoisotopic (exact) mass is 676 g/mol. The van der Waals surface area contributed by atoms with E-state index in [1.807, 2.05) is 12.1 Å². The van der Waals surface area contributed by atoms with Gasteiger partial charge in [-0.3, -0.25) is 9.59 Å². The molecule has 5 N–H and O–H groups in total. The lowest BCUT2D eigenvalue weighted by molar-refractivity contribution is -0.138. The number of carboxylic acids is 1. The molecule has 4 rings (SSSR count). The highest BCUT2D eigenvalue weighted by Gasteiger charge is 2.22. The molecule has 0 aliphatic rings. The number of alkyl carbamates (subject to hydrolysis) is 1. The SMILES string of the molecule is CCS(=O)(=O)c1ccc(NC(=O)CCCc2ccc(C(Nc3ccc4cc[nH]c(=O)c4c3)C(=O)O)cc2)cc1CNC(=O)OC(C)(C)C. The summed E-state index contributed by atoms with van der Waals surface area (Å²) < 4.78 is 30.6. The highest BCUT2D eigenvalue weighted by atomic mass is 32.2. The Morgan fingerprint density at radius 1 is 0.958 bits per heavy atom. The third-order valence-corrected chi connectivity index (χ3v) is 9.23. The smallest absolute Gasteiger partial charge is 0.407 e. The number of benzene rings is 3. The predicted octanol–water partition coefficient (Wildman–Crippen LogP) is 5.55. The van der Waals surface area contributed by atoms with E-state index in [-0.39, 0.29) is 35.1 Å². The van der Waals surface area contributed by atoms with Crippen molar-refractivity contribution in [1.82, 2.24) is 10.3 Å². The number of H-pyrrole nitrogens is 1. The van der Waals surface area contributed by atoms with E-state index in [4.69, 9.17) is 4.74 Å². The molecule has 0 saturated carbocycles. The molecule has 48 heavy (non-hydrogen) atoms. The average Bonchev–Trinajstić information content (AvgIpc) is 3.02. The van der Waals surface area contributed by atoms with Crippen LogP contribution in [0, 0.1) is 0 Å². The minimum Gasteiger partial charge on any atom is -0.479 e. The Hall–Kier alpha value is -5.17. The molecule has 1 atom stereocenters. The summed E-state index contributed by atoms with van der Waals surface area (Å²) in [6.07, 6.45) is 2.11. The van der Waals surface area contributed by atoms with Gasteiger partial charge in [-0.15, -0.1) is 0 Å². The number of carbonyl (C=O) groups excluding carboxylic acids is 2. The number of aliphatic carboxylic acids is 1. The van der Waals surface area contributed by atoms with Crippen molar-refractivity contribution in [1.29, 1.82) is 0 Å². The summed E-state index contributed by atoms with van der Waals surface area (Å²) in [4.78, 5) is 51.9. The Balaban J connectivity index is 1.35. The molecule has 254 valence electrons. The maximum atomic E-state index is 12.8. The number of aromatic nitrogens is 1. The Morgan fingerprint density at radius 3 is 2.33 bits per heavy atom. The number of anilines is 2. The second-order valence-corrected chi connectivity index (χ2v) is 14.5. The summed E-state index contributed by atoms with van der Waals surface area (Å²) in [6.45, 7) is 6.58. The van der Waals surface area contributed by atoms with Gasteiger partial charge in [-0.1, -0.05) is 37.3 Å². The van der Waals surface area contributed by atoms with Gasteiger partial charge in [0.15, 0.2) is 15.9 Å². The molecule has 1 aromatic heterocycles. The molecule has 0 bridgehead atoms. The van der Waals surface area contributed by atoms with Crippen LogP contribution in [0.15, 0.2) is 82.6 Å². The van der Waals surface area contributed by atoms with Gasteiger partial charge in [0.2, 0.25) is 5.91 Å². The Labute approximate surface area is 278 Å². The van der Waals surface area contributed by atoms with Gasteiger partial charge in [0.1, 0.15) is 5.60 Å². The molecule has 0 saturated heterocycles. The van der Waals surface area contributed by atoms with Crippen LogP contribution in [0.1, 0.15) is 63.3 Å². The molecule has 13 heteroatoms. The van der Waals surface area contributed by atoms with Crippen LogP contribution in [0.2, 0.25) is 0 Å². The summed E-state index contributed by atoms with van der Waals surface area (Å²) in [5.41, 5.74) is 1.66. The van der Waals surface area contributed by atoms with Gasteiger partial charge in [0.05, 0.1) is 10.6 Å². The molecule has 0 aliphatic carbocycles. The largest absolute Gasteiger partial charge is 0.479 e. The summed E-state index contributed by atoms with van der Waals surface area (Å²) >= 11 is 0. The molecule has 2 amide bonds. The second-order valence-electron chi connectivity index (χ2n) is 12.2. The van der Waals surface area contributed by atoms with Crippen molar-refractivity contribution in [2.45, 2.75) is 70.0 Å². The van der Waals surface area contributed by atoms with Crippen molar-refractivity contribution in [3.63, 3.8) is 0 Å². The van der Waals surface area contributed by atoms with Gasteiger partial charge >= 0.3 is 12.1 Å². The van der Waals surface area contributed by atoms with E-state index in [2.05, 4.69) is 20.9 Å². The van der Waals surface area contributed by atoms with Crippen molar-refractivity contribution in [2.24, 2.45) is 0 Å². The minimum absolute atomic E-state index is 0.0651. The fraction of sp³-hybridized carbons (Fsp3) is 0.314. The zero-order valence-corrected chi connectivity index (χ0v) is 28.1. The van der Waals surface area contributed by atoms with Gasteiger partial charge in [-0.2, -0.15) is 0 Å². The summed E-state index contributed by atoms with van der Waals surface area (Å²) in [5, 5.41) is 19.4. The highest BCUT2D eigenvalue weighted by molar-refractivity contribution is 7.91. The van der Waals surface area contributed by atoms with Crippen LogP contribution in [0.25, 0.3) is 10.8 Å². The molecule has 0 radical (unpaired) electrons. The third-order valence-electron chi connectivity index (χ3n) is 7.40. The number of amides is 2. The molecule has 0 spiro atoms. The number of sulfone groups is 1. The zero-order chi connectivity index (χ0) is 35.1. The number of hydrogen-bond acceptors (Lipinski definition) is 8. The lowest BCUT2D eigenvalue weighted by Crippen LogP contribution is -2.32. The van der Waals surface area contributed by atoms with Gasteiger partial charge in [-0.05, 0) is 92.1 Å². The summed E-state index contributed by atoms with van der Waals surface area (Å²) in [6, 6.07) is 17.3. The molecule has 0 aliphatic heterocycles. The van der Waals surface area contributed by atoms with Crippen LogP contribution >= 0.6 is 0 Å². The number of nitrogens with one attached hydrogen (secondary N) is 4. The van der Waals surface area contributed by atoms with Gasteiger partial charge < -0.3 is 30.8 Å². The fourth-order valence-electron chi connectivity index (χ4n) is 5.02. The van der Waals surface area contributed by atoms with Gasteiger partial charge in [0.25, 0.3) is 5.56 Å². The Kier molecular flexibility index (Phi) is 11.3. The standard InChI is InChI=1S/C35H40N4O8S/c1-5-48(45,46)29-16-15-26(19-25(29)21-37-34(44)47-35(2,3)4)38-30(40)8-6-7-22-9-11-24(12-10-22)31(33(42)43)39-27-14-13-23-17-18-36-32(41)28(23)20-27/h9-20,31,39H,5-8,21H2,1-4H3,(H,36,41)(H,37,44)(H,38,40)(H,42,43). The number of hydrogen-bond donors (Lipinski definition) is 5.